The van der Waals surface area contributed by atoms with Crippen molar-refractivity contribution in [3.8, 4) is 0 Å². The Morgan fingerprint density at radius 3 is 2.55 bits per heavy atom. The van der Waals surface area contributed by atoms with Gasteiger partial charge in [0, 0.05) is 0 Å². The second kappa shape index (κ2) is 5.49. The number of hydrogen-bond donors (Lipinski definition) is 1. The molecule has 108 valence electrons. The summed E-state index contributed by atoms with van der Waals surface area (Å²) in [6.45, 7) is -0.123. The van der Waals surface area contributed by atoms with Crippen molar-refractivity contribution >= 4 is 12.0 Å². The number of nitrogens with zero attached hydrogens (tertiary/aromatic N) is 1. The minimum Gasteiger partial charge on any atom is -0.443 e. The summed E-state index contributed by atoms with van der Waals surface area (Å²) in [7, 11) is 0. The number of hydrogen-bond acceptors (Lipinski definition) is 4. The summed E-state index contributed by atoms with van der Waals surface area (Å²) in [5, 5.41) is 0.265. The highest BCUT2D eigenvalue weighted by Crippen LogP contribution is 2.26. The van der Waals surface area contributed by atoms with E-state index < -0.39 is 30.6 Å². The lowest BCUT2D eigenvalue weighted by Gasteiger charge is -2.17. The van der Waals surface area contributed by atoms with E-state index in [0.29, 0.717) is 5.56 Å². The quantitative estimate of drug-likeness (QED) is 0.904. The molecule has 1 N–H and O–H groups in total. The van der Waals surface area contributed by atoms with Crippen LogP contribution in [0.1, 0.15) is 12.0 Å². The zero-order chi connectivity index (χ0) is 14.8. The SMILES string of the molecule is O=C1CC(C(F)(F)F)NN1C(=O)OCc1ccccc1. The zero-order valence-electron chi connectivity index (χ0n) is 10.2. The van der Waals surface area contributed by atoms with Crippen LogP contribution >= 0.6 is 0 Å². The summed E-state index contributed by atoms with van der Waals surface area (Å²) < 4.78 is 42.1. The van der Waals surface area contributed by atoms with E-state index in [9.17, 15) is 22.8 Å². The summed E-state index contributed by atoms with van der Waals surface area (Å²) in [4.78, 5) is 22.9. The van der Waals surface area contributed by atoms with Gasteiger partial charge in [0.05, 0.1) is 6.42 Å². The fourth-order valence-corrected chi connectivity index (χ4v) is 1.67. The van der Waals surface area contributed by atoms with Crippen molar-refractivity contribution in [2.24, 2.45) is 0 Å². The van der Waals surface area contributed by atoms with Crippen LogP contribution in [0.2, 0.25) is 0 Å². The van der Waals surface area contributed by atoms with Gasteiger partial charge in [-0.3, -0.25) is 4.79 Å². The van der Waals surface area contributed by atoms with Crippen molar-refractivity contribution in [2.45, 2.75) is 25.2 Å². The summed E-state index contributed by atoms with van der Waals surface area (Å²) in [5.41, 5.74) is 2.47. The lowest BCUT2D eigenvalue weighted by atomic mass is 10.2. The molecule has 1 saturated heterocycles. The topological polar surface area (TPSA) is 58.6 Å². The van der Waals surface area contributed by atoms with E-state index in [1.165, 1.54) is 0 Å². The van der Waals surface area contributed by atoms with Crippen LogP contribution in [0.4, 0.5) is 18.0 Å². The maximum atomic E-state index is 12.4. The van der Waals surface area contributed by atoms with Gasteiger partial charge in [-0.1, -0.05) is 30.3 Å². The second-order valence-corrected chi connectivity index (χ2v) is 4.20. The van der Waals surface area contributed by atoms with Crippen LogP contribution in [0, 0.1) is 0 Å². The van der Waals surface area contributed by atoms with Crippen LogP contribution in [-0.4, -0.2) is 29.2 Å². The van der Waals surface area contributed by atoms with Crippen molar-refractivity contribution < 1.29 is 27.5 Å². The van der Waals surface area contributed by atoms with Crippen molar-refractivity contribution in [1.29, 1.82) is 0 Å². The minimum absolute atomic E-state index is 0.123. The van der Waals surface area contributed by atoms with Gasteiger partial charge in [0.25, 0.3) is 0 Å². The molecule has 0 aliphatic carbocycles. The first-order chi connectivity index (χ1) is 9.38. The number of imide groups is 1. The molecule has 1 heterocycles. The van der Waals surface area contributed by atoms with Gasteiger partial charge in [0.15, 0.2) is 0 Å². The number of nitrogens with one attached hydrogen (secondary N) is 1. The molecule has 0 radical (unpaired) electrons. The molecule has 1 aliphatic rings. The Bertz CT molecular complexity index is 504. The van der Waals surface area contributed by atoms with Crippen molar-refractivity contribution in [3.63, 3.8) is 0 Å². The van der Waals surface area contributed by atoms with Crippen LogP contribution in [-0.2, 0) is 16.1 Å². The molecule has 1 fully saturated rings. The van der Waals surface area contributed by atoms with Gasteiger partial charge in [-0.05, 0) is 5.56 Å². The first-order valence-corrected chi connectivity index (χ1v) is 5.74. The van der Waals surface area contributed by atoms with E-state index in [4.69, 9.17) is 4.74 Å². The molecule has 20 heavy (non-hydrogen) atoms. The Labute approximate surface area is 112 Å². The number of hydrazine groups is 1. The van der Waals surface area contributed by atoms with Gasteiger partial charge in [-0.15, -0.1) is 0 Å². The number of rotatable bonds is 2. The molecule has 0 spiro atoms. The third-order valence-electron chi connectivity index (χ3n) is 2.70. The van der Waals surface area contributed by atoms with E-state index >= 15 is 0 Å². The molecular weight excluding hydrogens is 277 g/mol. The summed E-state index contributed by atoms with van der Waals surface area (Å²) in [6, 6.07) is 6.53. The number of benzene rings is 1. The van der Waals surface area contributed by atoms with Crippen LogP contribution < -0.4 is 5.43 Å². The van der Waals surface area contributed by atoms with Crippen LogP contribution in [0.15, 0.2) is 30.3 Å². The highest BCUT2D eigenvalue weighted by Gasteiger charge is 2.49. The molecule has 1 aromatic carbocycles. The first kappa shape index (κ1) is 14.3. The predicted molar refractivity (Wildman–Crippen MR) is 61.1 cm³/mol. The maximum absolute atomic E-state index is 12.4. The van der Waals surface area contributed by atoms with Crippen molar-refractivity contribution in [2.75, 3.05) is 0 Å². The predicted octanol–water partition coefficient (Wildman–Crippen LogP) is 1.99. The van der Waals surface area contributed by atoms with E-state index in [1.807, 2.05) is 0 Å². The highest BCUT2D eigenvalue weighted by atomic mass is 19.4. The molecule has 0 saturated carbocycles. The molecular formula is C12H11F3N2O3. The van der Waals surface area contributed by atoms with Gasteiger partial charge in [0.2, 0.25) is 5.91 Å². The van der Waals surface area contributed by atoms with Gasteiger partial charge < -0.3 is 4.74 Å². The number of carbonyl (C=O) groups excluding carboxylic acids is 2. The van der Waals surface area contributed by atoms with Crippen molar-refractivity contribution in [3.05, 3.63) is 35.9 Å². The fourth-order valence-electron chi connectivity index (χ4n) is 1.67. The lowest BCUT2D eigenvalue weighted by Crippen LogP contribution is -2.46. The maximum Gasteiger partial charge on any atom is 0.431 e. The summed E-state index contributed by atoms with van der Waals surface area (Å²) >= 11 is 0. The number of alkyl halides is 3. The molecule has 5 nitrogen and oxygen atoms in total. The smallest absolute Gasteiger partial charge is 0.431 e. The molecule has 1 aliphatic heterocycles. The molecule has 1 aromatic rings. The lowest BCUT2D eigenvalue weighted by molar-refractivity contribution is -0.156. The molecule has 2 amide bonds. The van der Waals surface area contributed by atoms with E-state index in [-0.39, 0.29) is 11.6 Å². The Morgan fingerprint density at radius 1 is 1.35 bits per heavy atom. The molecule has 8 heteroatoms. The second-order valence-electron chi connectivity index (χ2n) is 4.20. The molecule has 1 atom stereocenters. The minimum atomic E-state index is -4.59. The fraction of sp³-hybridized carbons (Fsp3) is 0.333. The molecule has 0 bridgehead atoms. The van der Waals surface area contributed by atoms with Crippen LogP contribution in [0.3, 0.4) is 0 Å². The average Bonchev–Trinajstić information content (AvgIpc) is 2.79. The van der Waals surface area contributed by atoms with Crippen LogP contribution in [0.5, 0.6) is 0 Å². The number of ether oxygens (including phenoxy) is 1. The normalized spacial score (nSPS) is 19.2. The first-order valence-electron chi connectivity index (χ1n) is 5.74. The van der Waals surface area contributed by atoms with Gasteiger partial charge in [0.1, 0.15) is 12.6 Å². The number of halogens is 3. The number of amides is 2. The molecule has 1 unspecified atom stereocenters. The van der Waals surface area contributed by atoms with Gasteiger partial charge >= 0.3 is 12.3 Å². The number of carbonyl (C=O) groups is 2. The van der Waals surface area contributed by atoms with E-state index in [0.717, 1.165) is 0 Å². The Balaban J connectivity index is 1.92. The largest absolute Gasteiger partial charge is 0.443 e. The molecule has 0 aromatic heterocycles. The zero-order valence-corrected chi connectivity index (χ0v) is 10.2. The monoisotopic (exact) mass is 288 g/mol. The van der Waals surface area contributed by atoms with Crippen molar-refractivity contribution in [1.82, 2.24) is 10.4 Å². The van der Waals surface area contributed by atoms with E-state index in [1.54, 1.807) is 35.8 Å². The third-order valence-corrected chi connectivity index (χ3v) is 2.70. The van der Waals surface area contributed by atoms with Gasteiger partial charge in [-0.25, -0.2) is 10.2 Å². The Kier molecular flexibility index (Phi) is 3.93. The summed E-state index contributed by atoms with van der Waals surface area (Å²) in [6.07, 6.45) is -6.56. The average molecular weight is 288 g/mol. The third kappa shape index (κ3) is 3.27. The van der Waals surface area contributed by atoms with Crippen LogP contribution in [0.25, 0.3) is 0 Å². The van der Waals surface area contributed by atoms with E-state index in [2.05, 4.69) is 0 Å². The highest BCUT2D eigenvalue weighted by molar-refractivity contribution is 5.93. The Hall–Kier alpha value is -2.09. The summed E-state index contributed by atoms with van der Waals surface area (Å²) in [5.74, 6) is -0.967. The standard InChI is InChI=1S/C12H11F3N2O3/c13-12(14,15)9-6-10(18)17(16-9)11(19)20-7-8-4-2-1-3-5-8/h1-5,9,16H,6-7H2. The van der Waals surface area contributed by atoms with Gasteiger partial charge in [-0.2, -0.15) is 18.2 Å². The molecule has 2 rings (SSSR count). The Morgan fingerprint density at radius 2 is 2.00 bits per heavy atom.